The first kappa shape index (κ1) is 20.5. The summed E-state index contributed by atoms with van der Waals surface area (Å²) < 4.78 is 42.4. The Morgan fingerprint density at radius 3 is 2.46 bits per heavy atom. The molecule has 0 spiro atoms. The first-order chi connectivity index (χ1) is 13.2. The molecule has 1 aromatic rings. The number of carbonyl (C=O) groups excluding carboxylic acids is 1. The van der Waals surface area contributed by atoms with Crippen molar-refractivity contribution in [3.63, 3.8) is 0 Å². The number of nitrogens with one attached hydrogen (secondary N) is 1. The molecule has 3 rings (SSSR count). The number of likely N-dealkylation sites (tertiary alicyclic amines) is 1. The number of hydrogen-bond acceptors (Lipinski definition) is 4. The fourth-order valence-corrected chi connectivity index (χ4v) is 5.03. The second-order valence-corrected chi connectivity index (χ2v) is 8.97. The molecule has 0 bridgehead atoms. The van der Waals surface area contributed by atoms with Gasteiger partial charge in [0, 0.05) is 30.6 Å². The monoisotopic (exact) mass is 407 g/mol. The maximum absolute atomic E-state index is 13.2. The number of carbonyl (C=O) groups is 1. The summed E-state index contributed by atoms with van der Waals surface area (Å²) in [5.41, 5.74) is 1.02. The second-order valence-electron chi connectivity index (χ2n) is 7.43. The Balaban J connectivity index is 1.73. The molecule has 2 heterocycles. The number of amides is 1. The molecule has 0 aliphatic carbocycles. The minimum atomic E-state index is -3.81. The van der Waals surface area contributed by atoms with Crippen LogP contribution in [0.4, 0.5) is 4.39 Å². The average molecular weight is 408 g/mol. The Kier molecular flexibility index (Phi) is 5.88. The summed E-state index contributed by atoms with van der Waals surface area (Å²) in [4.78, 5) is 14.2. The Labute approximate surface area is 165 Å². The highest BCUT2D eigenvalue weighted by molar-refractivity contribution is 8.00. The lowest BCUT2D eigenvalue weighted by atomic mass is 10.0. The average Bonchev–Trinajstić information content (AvgIpc) is 2.91. The minimum absolute atomic E-state index is 0.00850. The van der Waals surface area contributed by atoms with Crippen LogP contribution < -0.4 is 5.32 Å². The third-order valence-corrected chi connectivity index (χ3v) is 6.92. The van der Waals surface area contributed by atoms with Gasteiger partial charge >= 0.3 is 0 Å². The largest absolute Gasteiger partial charge is 0.356 e. The summed E-state index contributed by atoms with van der Waals surface area (Å²) in [7, 11) is -3.81. The van der Waals surface area contributed by atoms with Gasteiger partial charge in [-0.25, -0.2) is 4.39 Å². The molecule has 1 N–H and O–H groups in total. The molecular weight excluding hydrogens is 381 g/mol. The first-order valence-electron chi connectivity index (χ1n) is 9.60. The van der Waals surface area contributed by atoms with Gasteiger partial charge in [0.1, 0.15) is 16.6 Å². The highest BCUT2D eigenvalue weighted by Gasteiger charge is 2.35. The third kappa shape index (κ3) is 4.11. The lowest BCUT2D eigenvalue weighted by Crippen LogP contribution is -2.47. The molecule has 2 aliphatic heterocycles. The normalized spacial score (nSPS) is 20.9. The molecule has 1 aromatic carbocycles. The number of sulfonamides is 1. The number of piperidine rings is 1. The number of amidine groups is 1. The molecule has 8 heteroatoms. The summed E-state index contributed by atoms with van der Waals surface area (Å²) in [6.07, 6.45) is 2.27. The Morgan fingerprint density at radius 1 is 1.29 bits per heavy atom. The van der Waals surface area contributed by atoms with E-state index in [1.54, 1.807) is 6.92 Å². The highest BCUT2D eigenvalue weighted by Crippen LogP contribution is 2.34. The topological polar surface area (TPSA) is 78.8 Å². The predicted molar refractivity (Wildman–Crippen MR) is 108 cm³/mol. The molecule has 1 saturated heterocycles. The summed E-state index contributed by atoms with van der Waals surface area (Å²) in [6, 6.07) is 5.50. The van der Waals surface area contributed by atoms with Crippen molar-refractivity contribution in [1.82, 2.24) is 10.2 Å². The van der Waals surface area contributed by atoms with Crippen molar-refractivity contribution in [3.05, 3.63) is 41.2 Å². The van der Waals surface area contributed by atoms with Crippen molar-refractivity contribution in [1.29, 1.82) is 0 Å². The van der Waals surface area contributed by atoms with Gasteiger partial charge < -0.3 is 10.2 Å². The van der Waals surface area contributed by atoms with Crippen LogP contribution in [0.25, 0.3) is 4.91 Å². The number of nitrogens with zero attached hydrogens (tertiary/aromatic N) is 2. The predicted octanol–water partition coefficient (Wildman–Crippen LogP) is 2.93. The van der Waals surface area contributed by atoms with E-state index in [2.05, 4.69) is 9.71 Å². The molecular formula is C20H26FN3O3S. The minimum Gasteiger partial charge on any atom is -0.356 e. The van der Waals surface area contributed by atoms with E-state index in [0.717, 1.165) is 19.3 Å². The van der Waals surface area contributed by atoms with Crippen LogP contribution in [0.15, 0.2) is 34.2 Å². The van der Waals surface area contributed by atoms with Gasteiger partial charge in [0.15, 0.2) is 0 Å². The van der Waals surface area contributed by atoms with Crippen molar-refractivity contribution >= 4 is 26.7 Å². The molecule has 0 unspecified atom stereocenters. The quantitative estimate of drug-likeness (QED) is 0.832. The van der Waals surface area contributed by atoms with Gasteiger partial charge in [0.2, 0.25) is 5.91 Å². The SMILES string of the molecule is CC[C@H](C)C(=O)NC1CCN(C2=NS(=O)(=O)C(c3ccc(F)cc3)=C2C)CC1. The van der Waals surface area contributed by atoms with Gasteiger partial charge in [-0.2, -0.15) is 8.42 Å². The van der Waals surface area contributed by atoms with E-state index in [1.807, 2.05) is 18.7 Å². The van der Waals surface area contributed by atoms with E-state index in [4.69, 9.17) is 0 Å². The summed E-state index contributed by atoms with van der Waals surface area (Å²) in [6.45, 7) is 6.87. The van der Waals surface area contributed by atoms with Crippen LogP contribution in [0.3, 0.4) is 0 Å². The van der Waals surface area contributed by atoms with Crippen molar-refractivity contribution in [3.8, 4) is 0 Å². The molecule has 1 atom stereocenters. The maximum Gasteiger partial charge on any atom is 0.285 e. The molecule has 0 saturated carbocycles. The maximum atomic E-state index is 13.2. The van der Waals surface area contributed by atoms with Crippen LogP contribution in [0.5, 0.6) is 0 Å². The van der Waals surface area contributed by atoms with Crippen LogP contribution in [-0.2, 0) is 14.8 Å². The van der Waals surface area contributed by atoms with E-state index < -0.39 is 15.8 Å². The van der Waals surface area contributed by atoms with Crippen molar-refractivity contribution in [2.75, 3.05) is 13.1 Å². The lowest BCUT2D eigenvalue weighted by Gasteiger charge is -2.34. The number of benzene rings is 1. The smallest absolute Gasteiger partial charge is 0.285 e. The standard InChI is InChI=1S/C20H26FN3O3S/c1-4-13(2)20(25)22-17-9-11-24(12-10-17)19-14(3)18(28(26,27)23-19)15-5-7-16(21)8-6-15/h5-8,13,17H,4,9-12H2,1-3H3,(H,22,25)/t13-/m0/s1. The van der Waals surface area contributed by atoms with Gasteiger partial charge in [0.25, 0.3) is 10.0 Å². The van der Waals surface area contributed by atoms with E-state index >= 15 is 0 Å². The molecule has 0 aromatic heterocycles. The van der Waals surface area contributed by atoms with E-state index in [1.165, 1.54) is 24.3 Å². The number of halogens is 1. The molecule has 28 heavy (non-hydrogen) atoms. The zero-order valence-electron chi connectivity index (χ0n) is 16.4. The van der Waals surface area contributed by atoms with Crippen molar-refractivity contribution in [2.45, 2.75) is 46.1 Å². The van der Waals surface area contributed by atoms with Crippen LogP contribution >= 0.6 is 0 Å². The highest BCUT2D eigenvalue weighted by atomic mass is 32.2. The zero-order chi connectivity index (χ0) is 20.5. The van der Waals surface area contributed by atoms with Gasteiger partial charge in [-0.15, -0.1) is 4.40 Å². The summed E-state index contributed by atoms with van der Waals surface area (Å²) >= 11 is 0. The summed E-state index contributed by atoms with van der Waals surface area (Å²) in [5.74, 6) is 0.0910. The fraction of sp³-hybridized carbons (Fsp3) is 0.500. The van der Waals surface area contributed by atoms with Crippen LogP contribution in [0.2, 0.25) is 0 Å². The van der Waals surface area contributed by atoms with Gasteiger partial charge in [-0.3, -0.25) is 4.79 Å². The van der Waals surface area contributed by atoms with Gasteiger partial charge in [-0.1, -0.05) is 26.0 Å². The van der Waals surface area contributed by atoms with E-state index in [0.29, 0.717) is 30.1 Å². The molecule has 6 nitrogen and oxygen atoms in total. The van der Waals surface area contributed by atoms with Gasteiger partial charge in [-0.05, 0) is 43.9 Å². The van der Waals surface area contributed by atoms with E-state index in [-0.39, 0.29) is 22.8 Å². The number of hydrogen-bond donors (Lipinski definition) is 1. The van der Waals surface area contributed by atoms with Crippen LogP contribution in [0.1, 0.15) is 45.6 Å². The Morgan fingerprint density at radius 2 is 1.89 bits per heavy atom. The Hall–Kier alpha value is -2.22. The fourth-order valence-electron chi connectivity index (χ4n) is 3.55. The molecule has 1 amide bonds. The van der Waals surface area contributed by atoms with Crippen molar-refractivity contribution < 1.29 is 17.6 Å². The first-order valence-corrected chi connectivity index (χ1v) is 11.0. The zero-order valence-corrected chi connectivity index (χ0v) is 17.2. The molecule has 1 fully saturated rings. The number of rotatable bonds is 4. The van der Waals surface area contributed by atoms with Crippen molar-refractivity contribution in [2.24, 2.45) is 10.3 Å². The molecule has 0 radical (unpaired) electrons. The van der Waals surface area contributed by atoms with E-state index in [9.17, 15) is 17.6 Å². The van der Waals surface area contributed by atoms with Crippen LogP contribution in [-0.4, -0.2) is 44.2 Å². The second kappa shape index (κ2) is 8.03. The Bertz CT molecular complexity index is 915. The third-order valence-electron chi connectivity index (χ3n) is 5.45. The molecule has 152 valence electrons. The molecule has 2 aliphatic rings. The van der Waals surface area contributed by atoms with Crippen LogP contribution in [0, 0.1) is 11.7 Å². The summed E-state index contributed by atoms with van der Waals surface area (Å²) in [5, 5.41) is 3.08. The lowest BCUT2D eigenvalue weighted by molar-refractivity contribution is -0.125. The van der Waals surface area contributed by atoms with Gasteiger partial charge in [0.05, 0.1) is 0 Å².